The van der Waals surface area contributed by atoms with Gasteiger partial charge in [-0.2, -0.15) is 0 Å². The third-order valence-corrected chi connectivity index (χ3v) is 4.62. The topological polar surface area (TPSA) is 54.3 Å². The van der Waals surface area contributed by atoms with Crippen molar-refractivity contribution in [1.82, 2.24) is 9.88 Å². The van der Waals surface area contributed by atoms with Gasteiger partial charge in [0.2, 0.25) is 0 Å². The third kappa shape index (κ3) is 3.15. The molecule has 1 aromatic heterocycles. The summed E-state index contributed by atoms with van der Waals surface area (Å²) in [5.41, 5.74) is 3.69. The molecule has 1 aliphatic rings. The van der Waals surface area contributed by atoms with Crippen LogP contribution in [0.3, 0.4) is 0 Å². The van der Waals surface area contributed by atoms with E-state index >= 15 is 0 Å². The second-order valence-electron chi connectivity index (χ2n) is 7.44. The zero-order chi connectivity index (χ0) is 19.2. The van der Waals surface area contributed by atoms with E-state index in [4.69, 9.17) is 11.6 Å². The number of rotatable bonds is 2. The second-order valence-corrected chi connectivity index (χ2v) is 7.88. The average molecular weight is 372 g/mol. The maximum absolute atomic E-state index is 12.8. The lowest BCUT2D eigenvalue weighted by Gasteiger charge is -2.25. The molecule has 3 amide bonds. The van der Waals surface area contributed by atoms with Crippen molar-refractivity contribution in [1.29, 1.82) is 0 Å². The van der Waals surface area contributed by atoms with Crippen LogP contribution >= 0.6 is 11.6 Å². The Morgan fingerprint density at radius 2 is 1.81 bits per heavy atom. The van der Waals surface area contributed by atoms with Crippen molar-refractivity contribution in [3.05, 3.63) is 58.0 Å². The quantitative estimate of drug-likeness (QED) is 0.619. The molecule has 136 valence electrons. The van der Waals surface area contributed by atoms with Gasteiger partial charge >= 0.3 is 6.03 Å². The van der Waals surface area contributed by atoms with Crippen LogP contribution in [-0.2, 0) is 10.3 Å². The van der Waals surface area contributed by atoms with Crippen LogP contribution in [-0.4, -0.2) is 16.5 Å². The van der Waals surface area contributed by atoms with Gasteiger partial charge in [-0.25, -0.2) is 9.69 Å². The van der Waals surface area contributed by atoms with E-state index in [0.717, 1.165) is 21.9 Å². The second kappa shape index (κ2) is 6.32. The summed E-state index contributed by atoms with van der Waals surface area (Å²) >= 11 is 5.98. The maximum Gasteiger partial charge on any atom is 0.333 e. The van der Waals surface area contributed by atoms with Crippen molar-refractivity contribution in [3.8, 4) is 0 Å². The molecule has 1 aromatic carbocycles. The number of imide groups is 1. The lowest BCUT2D eigenvalue weighted by molar-refractivity contribution is -0.113. The van der Waals surface area contributed by atoms with E-state index in [-0.39, 0.29) is 11.2 Å². The highest BCUT2D eigenvalue weighted by molar-refractivity contribution is 6.32. The molecule has 1 aliphatic heterocycles. The lowest BCUT2D eigenvalue weighted by atomic mass is 10.1. The highest BCUT2D eigenvalue weighted by atomic mass is 35.5. The zero-order valence-electron chi connectivity index (χ0n) is 15.6. The first-order valence-electron chi connectivity index (χ1n) is 8.41. The van der Waals surface area contributed by atoms with Crippen molar-refractivity contribution >= 4 is 35.3 Å². The molecule has 26 heavy (non-hydrogen) atoms. The summed E-state index contributed by atoms with van der Waals surface area (Å²) in [7, 11) is 0. The molecular formula is C20H22ClN3O2. The molecule has 2 heterocycles. The fourth-order valence-corrected chi connectivity index (χ4v) is 3.69. The Balaban J connectivity index is 1.99. The minimum Gasteiger partial charge on any atom is -0.343 e. The van der Waals surface area contributed by atoms with Crippen LogP contribution in [0.5, 0.6) is 0 Å². The number of aromatic nitrogens is 1. The van der Waals surface area contributed by atoms with Crippen LogP contribution < -0.4 is 10.2 Å². The average Bonchev–Trinajstić information content (AvgIpc) is 2.95. The Kier molecular flexibility index (Phi) is 4.44. The Morgan fingerprint density at radius 3 is 2.38 bits per heavy atom. The Labute approximate surface area is 158 Å². The van der Waals surface area contributed by atoms with Gasteiger partial charge in [0.1, 0.15) is 5.70 Å². The Hall–Kier alpha value is -2.53. The highest BCUT2D eigenvalue weighted by Gasteiger charge is 2.35. The van der Waals surface area contributed by atoms with E-state index in [1.807, 2.05) is 19.9 Å². The van der Waals surface area contributed by atoms with E-state index in [1.54, 1.807) is 30.3 Å². The largest absolute Gasteiger partial charge is 0.343 e. The fraction of sp³-hybridized carbons (Fsp3) is 0.300. The maximum atomic E-state index is 12.8. The first-order valence-corrected chi connectivity index (χ1v) is 8.79. The fourth-order valence-electron chi connectivity index (χ4n) is 3.51. The molecule has 5 nitrogen and oxygen atoms in total. The predicted octanol–water partition coefficient (Wildman–Crippen LogP) is 4.61. The Morgan fingerprint density at radius 1 is 1.12 bits per heavy atom. The minimum absolute atomic E-state index is 0.0688. The zero-order valence-corrected chi connectivity index (χ0v) is 16.3. The van der Waals surface area contributed by atoms with Gasteiger partial charge in [0.05, 0.1) is 5.69 Å². The van der Waals surface area contributed by atoms with Crippen LogP contribution in [0, 0.1) is 13.8 Å². The van der Waals surface area contributed by atoms with Crippen molar-refractivity contribution in [2.75, 3.05) is 4.90 Å². The first-order chi connectivity index (χ1) is 12.1. The van der Waals surface area contributed by atoms with E-state index in [2.05, 4.69) is 30.7 Å². The van der Waals surface area contributed by atoms with Crippen molar-refractivity contribution in [2.24, 2.45) is 0 Å². The number of hydrogen-bond acceptors (Lipinski definition) is 2. The van der Waals surface area contributed by atoms with Crippen LogP contribution in [0.15, 0.2) is 36.0 Å². The summed E-state index contributed by atoms with van der Waals surface area (Å²) in [6.45, 7) is 10.4. The lowest BCUT2D eigenvalue weighted by Crippen LogP contribution is -2.30. The molecule has 1 N–H and O–H groups in total. The van der Waals surface area contributed by atoms with Gasteiger partial charge in [-0.05, 0) is 70.5 Å². The van der Waals surface area contributed by atoms with Crippen LogP contribution in [0.1, 0.15) is 37.7 Å². The van der Waals surface area contributed by atoms with Gasteiger partial charge in [0.15, 0.2) is 0 Å². The summed E-state index contributed by atoms with van der Waals surface area (Å²) in [5.74, 6) is -0.391. The monoisotopic (exact) mass is 371 g/mol. The normalized spacial score (nSPS) is 16.5. The summed E-state index contributed by atoms with van der Waals surface area (Å²) in [5, 5.41) is 3.13. The number of aryl methyl sites for hydroxylation is 1. The molecular weight excluding hydrogens is 350 g/mol. The molecule has 0 atom stereocenters. The molecule has 2 aromatic rings. The van der Waals surface area contributed by atoms with Gasteiger partial charge in [-0.15, -0.1) is 0 Å². The van der Waals surface area contributed by atoms with Crippen molar-refractivity contribution < 1.29 is 9.59 Å². The standard InChI is InChI=1S/C20H22ClN3O2/c1-12-9-14(13(2)24(12)20(3,4)5)10-17-18(25)23(19(26)22-17)16-8-6-7-15(21)11-16/h6-11H,1-5H3,(H,22,26)/b17-10+. The summed E-state index contributed by atoms with van der Waals surface area (Å²) in [4.78, 5) is 26.2. The molecule has 3 rings (SSSR count). The van der Waals surface area contributed by atoms with E-state index in [9.17, 15) is 9.59 Å². The van der Waals surface area contributed by atoms with Crippen LogP contribution in [0.25, 0.3) is 6.08 Å². The van der Waals surface area contributed by atoms with Crippen LogP contribution in [0.4, 0.5) is 10.5 Å². The molecule has 0 bridgehead atoms. The van der Waals surface area contributed by atoms with Gasteiger partial charge < -0.3 is 9.88 Å². The summed E-state index contributed by atoms with van der Waals surface area (Å²) < 4.78 is 2.22. The van der Waals surface area contributed by atoms with Gasteiger partial charge in [-0.3, -0.25) is 4.79 Å². The van der Waals surface area contributed by atoms with Gasteiger partial charge in [0.25, 0.3) is 5.91 Å². The number of urea groups is 1. The molecule has 0 unspecified atom stereocenters. The molecule has 0 radical (unpaired) electrons. The summed E-state index contributed by atoms with van der Waals surface area (Å²) in [6, 6.07) is 8.21. The molecule has 0 saturated carbocycles. The number of nitrogens with one attached hydrogen (secondary N) is 1. The molecule has 6 heteroatoms. The molecule has 0 aliphatic carbocycles. The minimum atomic E-state index is -0.479. The number of amides is 3. The SMILES string of the molecule is Cc1cc(/C=C2/NC(=O)N(c3cccc(Cl)c3)C2=O)c(C)n1C(C)(C)C. The van der Waals surface area contributed by atoms with E-state index in [0.29, 0.717) is 10.7 Å². The highest BCUT2D eigenvalue weighted by Crippen LogP contribution is 2.28. The number of anilines is 1. The third-order valence-electron chi connectivity index (χ3n) is 4.39. The smallest absolute Gasteiger partial charge is 0.333 e. The van der Waals surface area contributed by atoms with E-state index < -0.39 is 11.9 Å². The predicted molar refractivity (Wildman–Crippen MR) is 104 cm³/mol. The van der Waals surface area contributed by atoms with Gasteiger partial charge in [-0.1, -0.05) is 17.7 Å². The number of hydrogen-bond donors (Lipinski definition) is 1. The number of halogens is 1. The van der Waals surface area contributed by atoms with Crippen molar-refractivity contribution in [2.45, 2.75) is 40.2 Å². The van der Waals surface area contributed by atoms with Crippen LogP contribution in [0.2, 0.25) is 5.02 Å². The molecule has 0 spiro atoms. The summed E-state index contributed by atoms with van der Waals surface area (Å²) in [6.07, 6.45) is 1.73. The number of carbonyl (C=O) groups excluding carboxylic acids is 2. The van der Waals surface area contributed by atoms with Crippen molar-refractivity contribution in [3.63, 3.8) is 0 Å². The number of nitrogens with zero attached hydrogens (tertiary/aromatic N) is 2. The molecule has 1 fully saturated rings. The first kappa shape index (κ1) is 18.3. The molecule has 1 saturated heterocycles. The van der Waals surface area contributed by atoms with E-state index in [1.165, 1.54) is 0 Å². The van der Waals surface area contributed by atoms with Gasteiger partial charge in [0, 0.05) is 21.9 Å². The number of benzene rings is 1. The Bertz CT molecular complexity index is 935. The number of carbonyl (C=O) groups is 2.